The fraction of sp³-hybridized carbons (Fsp3) is 0.417. The van der Waals surface area contributed by atoms with Crippen molar-refractivity contribution in [2.45, 2.75) is 19.9 Å². The van der Waals surface area contributed by atoms with E-state index in [0.29, 0.717) is 17.6 Å². The van der Waals surface area contributed by atoms with Gasteiger partial charge in [-0.25, -0.2) is 4.39 Å². The summed E-state index contributed by atoms with van der Waals surface area (Å²) in [5.41, 5.74) is 0.498. The summed E-state index contributed by atoms with van der Waals surface area (Å²) in [5.74, 6) is 1.28. The van der Waals surface area contributed by atoms with Crippen LogP contribution >= 0.6 is 11.8 Å². The number of nitrogens with zero attached hydrogens (tertiary/aromatic N) is 1. The number of rotatable bonds is 2. The Balaban J connectivity index is 2.07. The molecule has 0 spiro atoms. The van der Waals surface area contributed by atoms with Crippen LogP contribution in [0.25, 0.3) is 0 Å². The second kappa shape index (κ2) is 4.87. The fourth-order valence-electron chi connectivity index (χ4n) is 1.48. The zero-order valence-electron chi connectivity index (χ0n) is 9.40. The van der Waals surface area contributed by atoms with Gasteiger partial charge in [-0.05, 0) is 18.1 Å². The molecule has 1 aromatic carbocycles. The highest BCUT2D eigenvalue weighted by atomic mass is 32.2. The van der Waals surface area contributed by atoms with E-state index in [1.807, 2.05) is 6.07 Å². The third-order valence-electron chi connectivity index (χ3n) is 2.56. The molecule has 1 aliphatic rings. The van der Waals surface area contributed by atoms with Gasteiger partial charge in [0.05, 0.1) is 11.7 Å². The molecule has 1 N–H and O–H groups in total. The molecule has 1 heterocycles. The average Bonchev–Trinajstić information content (AvgIpc) is 2.70. The van der Waals surface area contributed by atoms with Gasteiger partial charge in [-0.3, -0.25) is 4.99 Å². The number of aliphatic imine (C=N–C) groups is 1. The number of hydrogen-bond acceptors (Lipinski definition) is 3. The maximum Gasteiger partial charge on any atom is 0.161 e. The quantitative estimate of drug-likeness (QED) is 0.854. The molecule has 0 fully saturated rings. The van der Waals surface area contributed by atoms with Crippen molar-refractivity contribution in [3.05, 3.63) is 30.1 Å². The molecule has 2 nitrogen and oxygen atoms in total. The molecule has 0 amide bonds. The predicted molar refractivity (Wildman–Crippen MR) is 68.5 cm³/mol. The molecule has 1 aromatic rings. The molecule has 4 heteroatoms. The SMILES string of the molecule is CC(C)C1CSC(Nc2ccccc2F)=N1. The molecule has 16 heavy (non-hydrogen) atoms. The molecule has 0 saturated heterocycles. The summed E-state index contributed by atoms with van der Waals surface area (Å²) in [4.78, 5) is 4.53. The summed E-state index contributed by atoms with van der Waals surface area (Å²) in [6, 6.07) is 7.01. The van der Waals surface area contributed by atoms with E-state index in [4.69, 9.17) is 0 Å². The highest BCUT2D eigenvalue weighted by Crippen LogP contribution is 2.25. The summed E-state index contributed by atoms with van der Waals surface area (Å²) in [7, 11) is 0. The molecule has 0 radical (unpaired) electrons. The molecule has 0 aliphatic carbocycles. The van der Waals surface area contributed by atoms with Gasteiger partial charge >= 0.3 is 0 Å². The number of nitrogens with one attached hydrogen (secondary N) is 1. The van der Waals surface area contributed by atoms with Crippen molar-refractivity contribution < 1.29 is 4.39 Å². The van der Waals surface area contributed by atoms with Crippen molar-refractivity contribution in [3.63, 3.8) is 0 Å². The van der Waals surface area contributed by atoms with E-state index in [2.05, 4.69) is 24.2 Å². The molecule has 1 aliphatic heterocycles. The number of benzene rings is 1. The molecule has 1 unspecified atom stereocenters. The van der Waals surface area contributed by atoms with Crippen molar-refractivity contribution >= 4 is 22.6 Å². The lowest BCUT2D eigenvalue weighted by atomic mass is 10.1. The second-order valence-electron chi connectivity index (χ2n) is 4.16. The maximum atomic E-state index is 13.4. The lowest BCUT2D eigenvalue weighted by Crippen LogP contribution is -2.12. The smallest absolute Gasteiger partial charge is 0.161 e. The Morgan fingerprint density at radius 3 is 2.81 bits per heavy atom. The Kier molecular flexibility index (Phi) is 3.49. The van der Waals surface area contributed by atoms with Crippen LogP contribution in [0.4, 0.5) is 10.1 Å². The molecule has 0 bridgehead atoms. The standard InChI is InChI=1S/C12H15FN2S/c1-8(2)11-7-16-12(15-11)14-10-6-4-3-5-9(10)13/h3-6,8,11H,7H2,1-2H3,(H,14,15). The van der Waals surface area contributed by atoms with Gasteiger partial charge in [0.25, 0.3) is 0 Å². The third kappa shape index (κ3) is 2.55. The number of amidine groups is 1. The van der Waals surface area contributed by atoms with Crippen LogP contribution in [0, 0.1) is 11.7 Å². The van der Waals surface area contributed by atoms with Crippen LogP contribution in [0.15, 0.2) is 29.3 Å². The van der Waals surface area contributed by atoms with Crippen molar-refractivity contribution in [3.8, 4) is 0 Å². The largest absolute Gasteiger partial charge is 0.333 e. The second-order valence-corrected chi connectivity index (χ2v) is 5.17. The zero-order chi connectivity index (χ0) is 11.5. The number of anilines is 1. The fourth-order valence-corrected chi connectivity index (χ4v) is 2.66. The molecule has 86 valence electrons. The van der Waals surface area contributed by atoms with Gasteiger partial charge in [-0.1, -0.05) is 37.7 Å². The van der Waals surface area contributed by atoms with E-state index in [9.17, 15) is 4.39 Å². The molecular weight excluding hydrogens is 223 g/mol. The summed E-state index contributed by atoms with van der Waals surface area (Å²) >= 11 is 1.65. The van der Waals surface area contributed by atoms with Crippen molar-refractivity contribution in [1.82, 2.24) is 0 Å². The normalized spacial score (nSPS) is 20.0. The minimum absolute atomic E-state index is 0.237. The molecule has 0 saturated carbocycles. The monoisotopic (exact) mass is 238 g/mol. The van der Waals surface area contributed by atoms with E-state index >= 15 is 0 Å². The van der Waals surface area contributed by atoms with Gasteiger partial charge in [-0.2, -0.15) is 0 Å². The molecule has 0 aromatic heterocycles. The number of thioether (sulfide) groups is 1. The van der Waals surface area contributed by atoms with E-state index < -0.39 is 0 Å². The first-order valence-corrected chi connectivity index (χ1v) is 6.37. The summed E-state index contributed by atoms with van der Waals surface area (Å²) in [6.45, 7) is 4.31. The zero-order valence-corrected chi connectivity index (χ0v) is 10.2. The predicted octanol–water partition coefficient (Wildman–Crippen LogP) is 3.37. The van der Waals surface area contributed by atoms with Crippen LogP contribution in [0.3, 0.4) is 0 Å². The first-order valence-electron chi connectivity index (χ1n) is 5.39. The Morgan fingerprint density at radius 2 is 2.19 bits per heavy atom. The van der Waals surface area contributed by atoms with Gasteiger partial charge < -0.3 is 5.32 Å². The van der Waals surface area contributed by atoms with Crippen molar-refractivity contribution in [2.75, 3.05) is 11.1 Å². The average molecular weight is 238 g/mol. The minimum atomic E-state index is -0.237. The minimum Gasteiger partial charge on any atom is -0.333 e. The Morgan fingerprint density at radius 1 is 1.44 bits per heavy atom. The summed E-state index contributed by atoms with van der Waals surface area (Å²) < 4.78 is 13.4. The molecule has 2 rings (SSSR count). The van der Waals surface area contributed by atoms with Crippen LogP contribution in [0.5, 0.6) is 0 Å². The first-order chi connectivity index (χ1) is 7.66. The van der Waals surface area contributed by atoms with Gasteiger partial charge in [0.15, 0.2) is 5.17 Å². The van der Waals surface area contributed by atoms with Crippen LogP contribution < -0.4 is 5.32 Å². The topological polar surface area (TPSA) is 24.4 Å². The van der Waals surface area contributed by atoms with E-state index in [1.54, 1.807) is 23.9 Å². The van der Waals surface area contributed by atoms with Crippen molar-refractivity contribution in [2.24, 2.45) is 10.9 Å². The first kappa shape index (κ1) is 11.5. The maximum absolute atomic E-state index is 13.4. The lowest BCUT2D eigenvalue weighted by molar-refractivity contribution is 0.543. The number of hydrogen-bond donors (Lipinski definition) is 1. The Labute approximate surface area is 99.3 Å². The number of halogens is 1. The van der Waals surface area contributed by atoms with Crippen LogP contribution in [0.1, 0.15) is 13.8 Å². The highest BCUT2D eigenvalue weighted by Gasteiger charge is 2.21. The summed E-state index contributed by atoms with van der Waals surface area (Å²) in [6.07, 6.45) is 0. The van der Waals surface area contributed by atoms with Gasteiger partial charge in [0.1, 0.15) is 5.82 Å². The van der Waals surface area contributed by atoms with Crippen LogP contribution in [-0.2, 0) is 0 Å². The molecular formula is C12H15FN2S. The van der Waals surface area contributed by atoms with Gasteiger partial charge in [0.2, 0.25) is 0 Å². The lowest BCUT2D eigenvalue weighted by Gasteiger charge is -2.08. The van der Waals surface area contributed by atoms with E-state index in [-0.39, 0.29) is 5.82 Å². The third-order valence-corrected chi connectivity index (χ3v) is 3.55. The summed E-state index contributed by atoms with van der Waals surface area (Å²) in [5, 5.41) is 3.85. The molecule has 1 atom stereocenters. The van der Waals surface area contributed by atoms with Gasteiger partial charge in [-0.15, -0.1) is 0 Å². The van der Waals surface area contributed by atoms with Crippen LogP contribution in [-0.4, -0.2) is 17.0 Å². The van der Waals surface area contributed by atoms with Crippen LogP contribution in [0.2, 0.25) is 0 Å². The van der Waals surface area contributed by atoms with Gasteiger partial charge in [0, 0.05) is 5.75 Å². The van der Waals surface area contributed by atoms with Crippen molar-refractivity contribution in [1.29, 1.82) is 0 Å². The Bertz CT molecular complexity index is 404. The highest BCUT2D eigenvalue weighted by molar-refractivity contribution is 8.14. The van der Waals surface area contributed by atoms with E-state index in [1.165, 1.54) is 6.07 Å². The Hall–Kier alpha value is -1.03. The van der Waals surface area contributed by atoms with E-state index in [0.717, 1.165) is 10.9 Å². The number of para-hydroxylation sites is 1.